The predicted molar refractivity (Wildman–Crippen MR) is 60.7 cm³/mol. The summed E-state index contributed by atoms with van der Waals surface area (Å²) in [6.07, 6.45) is 4.11. The molecule has 78 valence electrons. The number of aryl methyl sites for hydroxylation is 2. The van der Waals surface area contributed by atoms with Crippen LogP contribution >= 0.6 is 0 Å². The van der Waals surface area contributed by atoms with Crippen LogP contribution in [-0.2, 0) is 0 Å². The first-order chi connectivity index (χ1) is 7.20. The molecular formula is C12H14N2O. The zero-order chi connectivity index (χ0) is 10.8. The summed E-state index contributed by atoms with van der Waals surface area (Å²) >= 11 is 0. The van der Waals surface area contributed by atoms with Crippen molar-refractivity contribution < 1.29 is 5.21 Å². The second kappa shape index (κ2) is 3.79. The molecule has 0 spiro atoms. The first-order valence-corrected chi connectivity index (χ1v) is 4.86. The normalized spacial score (nSPS) is 10.3. The fraction of sp³-hybridized carbons (Fsp3) is 0.167. The van der Waals surface area contributed by atoms with Gasteiger partial charge in [-0.05, 0) is 49.2 Å². The van der Waals surface area contributed by atoms with Gasteiger partial charge in [-0.15, -0.1) is 0 Å². The van der Waals surface area contributed by atoms with Crippen LogP contribution in [0.3, 0.4) is 0 Å². The smallest absolute Gasteiger partial charge is 0.0606 e. The number of anilines is 1. The third kappa shape index (κ3) is 1.87. The predicted octanol–water partition coefficient (Wildman–Crippen LogP) is 2.90. The fourth-order valence-electron chi connectivity index (χ4n) is 1.67. The standard InChI is InChI=1S/C12H14N2O/c1-9-5-6-14(8-9)12-4-3-11(13-15)7-10(12)2/h3-8,13,15H,1-2H3. The summed E-state index contributed by atoms with van der Waals surface area (Å²) in [5, 5.41) is 8.77. The van der Waals surface area contributed by atoms with E-state index in [0.29, 0.717) is 5.69 Å². The minimum atomic E-state index is 0.708. The van der Waals surface area contributed by atoms with E-state index in [1.807, 2.05) is 31.3 Å². The van der Waals surface area contributed by atoms with E-state index in [9.17, 15) is 0 Å². The molecular weight excluding hydrogens is 188 g/mol. The molecule has 0 aliphatic rings. The van der Waals surface area contributed by atoms with E-state index in [1.54, 1.807) is 0 Å². The molecule has 0 saturated heterocycles. The number of nitrogens with one attached hydrogen (secondary N) is 1. The van der Waals surface area contributed by atoms with Crippen LogP contribution in [0.4, 0.5) is 5.69 Å². The van der Waals surface area contributed by atoms with Crippen molar-refractivity contribution >= 4 is 5.69 Å². The number of nitrogens with zero attached hydrogens (tertiary/aromatic N) is 1. The highest BCUT2D eigenvalue weighted by Crippen LogP contribution is 2.19. The molecule has 0 aliphatic carbocycles. The van der Waals surface area contributed by atoms with Crippen molar-refractivity contribution in [3.8, 4) is 5.69 Å². The van der Waals surface area contributed by atoms with Crippen LogP contribution < -0.4 is 5.48 Å². The Kier molecular flexibility index (Phi) is 2.47. The maximum atomic E-state index is 8.77. The molecule has 2 N–H and O–H groups in total. The zero-order valence-corrected chi connectivity index (χ0v) is 8.86. The van der Waals surface area contributed by atoms with E-state index >= 15 is 0 Å². The summed E-state index contributed by atoms with van der Waals surface area (Å²) in [5.74, 6) is 0. The van der Waals surface area contributed by atoms with Gasteiger partial charge < -0.3 is 4.57 Å². The zero-order valence-electron chi connectivity index (χ0n) is 8.86. The lowest BCUT2D eigenvalue weighted by molar-refractivity contribution is 0.389. The lowest BCUT2D eigenvalue weighted by Crippen LogP contribution is -1.96. The largest absolute Gasteiger partial charge is 0.323 e. The third-order valence-corrected chi connectivity index (χ3v) is 2.44. The monoisotopic (exact) mass is 202 g/mol. The van der Waals surface area contributed by atoms with E-state index in [2.05, 4.69) is 29.2 Å². The number of rotatable bonds is 2. The minimum Gasteiger partial charge on any atom is -0.323 e. The Morgan fingerprint density at radius 1 is 1.20 bits per heavy atom. The molecule has 2 rings (SSSR count). The Morgan fingerprint density at radius 3 is 2.53 bits per heavy atom. The van der Waals surface area contributed by atoms with Crippen LogP contribution in [0.15, 0.2) is 36.7 Å². The summed E-state index contributed by atoms with van der Waals surface area (Å²) in [4.78, 5) is 0. The molecule has 0 saturated carbocycles. The van der Waals surface area contributed by atoms with Gasteiger partial charge in [0, 0.05) is 18.1 Å². The van der Waals surface area contributed by atoms with Gasteiger partial charge in [0.05, 0.1) is 5.69 Å². The van der Waals surface area contributed by atoms with Gasteiger partial charge in [-0.2, -0.15) is 0 Å². The molecule has 1 aromatic heterocycles. The molecule has 0 fully saturated rings. The Hall–Kier alpha value is -1.74. The Morgan fingerprint density at radius 2 is 2.00 bits per heavy atom. The molecule has 1 heterocycles. The Bertz CT molecular complexity index is 474. The second-order valence-electron chi connectivity index (χ2n) is 3.71. The number of aromatic nitrogens is 1. The van der Waals surface area contributed by atoms with Crippen molar-refractivity contribution in [2.24, 2.45) is 0 Å². The van der Waals surface area contributed by atoms with E-state index in [0.717, 1.165) is 11.3 Å². The van der Waals surface area contributed by atoms with Gasteiger partial charge in [0.1, 0.15) is 0 Å². The third-order valence-electron chi connectivity index (χ3n) is 2.44. The lowest BCUT2D eigenvalue weighted by atomic mass is 10.2. The van der Waals surface area contributed by atoms with Crippen LogP contribution in [0, 0.1) is 13.8 Å². The molecule has 0 atom stereocenters. The maximum Gasteiger partial charge on any atom is 0.0606 e. The molecule has 0 unspecified atom stereocenters. The van der Waals surface area contributed by atoms with E-state index in [-0.39, 0.29) is 0 Å². The molecule has 3 nitrogen and oxygen atoms in total. The van der Waals surface area contributed by atoms with E-state index < -0.39 is 0 Å². The van der Waals surface area contributed by atoms with Gasteiger partial charge in [0.2, 0.25) is 0 Å². The lowest BCUT2D eigenvalue weighted by Gasteiger charge is -2.08. The molecule has 0 amide bonds. The van der Waals surface area contributed by atoms with Crippen molar-refractivity contribution in [2.45, 2.75) is 13.8 Å². The molecule has 0 bridgehead atoms. The SMILES string of the molecule is Cc1ccn(-c2ccc(NO)cc2C)c1. The first kappa shape index (κ1) is 9.80. The summed E-state index contributed by atoms with van der Waals surface area (Å²) in [6, 6.07) is 7.80. The quantitative estimate of drug-likeness (QED) is 0.735. The Balaban J connectivity index is 2.45. The average molecular weight is 202 g/mol. The maximum absolute atomic E-state index is 8.77. The van der Waals surface area contributed by atoms with Gasteiger partial charge in [0.25, 0.3) is 0 Å². The van der Waals surface area contributed by atoms with Crippen LogP contribution in [0.1, 0.15) is 11.1 Å². The summed E-state index contributed by atoms with van der Waals surface area (Å²) in [6.45, 7) is 4.08. The van der Waals surface area contributed by atoms with Crippen molar-refractivity contribution in [3.05, 3.63) is 47.8 Å². The molecule has 1 aromatic carbocycles. The van der Waals surface area contributed by atoms with Gasteiger partial charge in [-0.25, -0.2) is 0 Å². The van der Waals surface area contributed by atoms with Gasteiger partial charge in [-0.3, -0.25) is 10.7 Å². The van der Waals surface area contributed by atoms with Crippen LogP contribution in [0.2, 0.25) is 0 Å². The van der Waals surface area contributed by atoms with Crippen LogP contribution in [-0.4, -0.2) is 9.77 Å². The number of hydrogen-bond donors (Lipinski definition) is 2. The number of benzene rings is 1. The van der Waals surface area contributed by atoms with Crippen molar-refractivity contribution in [1.29, 1.82) is 0 Å². The topological polar surface area (TPSA) is 37.2 Å². The molecule has 0 aliphatic heterocycles. The summed E-state index contributed by atoms with van der Waals surface area (Å²) < 4.78 is 2.08. The summed E-state index contributed by atoms with van der Waals surface area (Å²) in [7, 11) is 0. The molecule has 15 heavy (non-hydrogen) atoms. The average Bonchev–Trinajstić information content (AvgIpc) is 2.64. The van der Waals surface area contributed by atoms with Crippen molar-refractivity contribution in [1.82, 2.24) is 4.57 Å². The highest BCUT2D eigenvalue weighted by molar-refractivity contribution is 5.52. The van der Waals surface area contributed by atoms with Crippen molar-refractivity contribution in [3.63, 3.8) is 0 Å². The Labute approximate surface area is 88.9 Å². The number of hydrogen-bond acceptors (Lipinski definition) is 2. The van der Waals surface area contributed by atoms with Crippen LogP contribution in [0.5, 0.6) is 0 Å². The highest BCUT2D eigenvalue weighted by Gasteiger charge is 2.01. The highest BCUT2D eigenvalue weighted by atomic mass is 16.5. The van der Waals surface area contributed by atoms with E-state index in [1.165, 1.54) is 5.56 Å². The van der Waals surface area contributed by atoms with Gasteiger partial charge in [-0.1, -0.05) is 0 Å². The van der Waals surface area contributed by atoms with Gasteiger partial charge >= 0.3 is 0 Å². The first-order valence-electron chi connectivity index (χ1n) is 4.86. The minimum absolute atomic E-state index is 0.708. The summed E-state index contributed by atoms with van der Waals surface area (Å²) in [5.41, 5.74) is 6.33. The van der Waals surface area contributed by atoms with Crippen molar-refractivity contribution in [2.75, 3.05) is 5.48 Å². The van der Waals surface area contributed by atoms with E-state index in [4.69, 9.17) is 5.21 Å². The molecule has 3 heteroatoms. The van der Waals surface area contributed by atoms with Gasteiger partial charge in [0.15, 0.2) is 0 Å². The second-order valence-corrected chi connectivity index (χ2v) is 3.71. The molecule has 2 aromatic rings. The van der Waals surface area contributed by atoms with Crippen LogP contribution in [0.25, 0.3) is 5.69 Å². The molecule has 0 radical (unpaired) electrons. The fourth-order valence-corrected chi connectivity index (χ4v) is 1.67.